The lowest BCUT2D eigenvalue weighted by Crippen LogP contribution is -1.99. The zero-order chi connectivity index (χ0) is 11.4. The molecule has 0 atom stereocenters. The van der Waals surface area contributed by atoms with Crippen molar-refractivity contribution in [3.05, 3.63) is 59.7 Å². The first-order valence-corrected chi connectivity index (χ1v) is 5.31. The van der Waals surface area contributed by atoms with Crippen LogP contribution >= 0.6 is 0 Å². The molecule has 0 saturated carbocycles. The van der Waals surface area contributed by atoms with Gasteiger partial charge < -0.3 is 5.32 Å². The Morgan fingerprint density at radius 1 is 1.06 bits per heavy atom. The van der Waals surface area contributed by atoms with Gasteiger partial charge in [0.1, 0.15) is 0 Å². The largest absolute Gasteiger partial charge is 0.381 e. The van der Waals surface area contributed by atoms with Crippen molar-refractivity contribution in [2.75, 3.05) is 5.32 Å². The third kappa shape index (κ3) is 2.54. The molecule has 2 heteroatoms. The smallest absolute Gasteiger partial charge is 0.181 e. The summed E-state index contributed by atoms with van der Waals surface area (Å²) in [5.74, 6) is 0.100. The van der Waals surface area contributed by atoms with Gasteiger partial charge in [0.05, 0.1) is 0 Å². The Balaban J connectivity index is 2.03. The van der Waals surface area contributed by atoms with Crippen molar-refractivity contribution in [2.24, 2.45) is 0 Å². The van der Waals surface area contributed by atoms with Crippen LogP contribution in [0.4, 0.5) is 5.69 Å². The van der Waals surface area contributed by atoms with E-state index in [0.717, 1.165) is 23.4 Å². The van der Waals surface area contributed by atoms with Gasteiger partial charge in [0.25, 0.3) is 0 Å². The summed E-state index contributed by atoms with van der Waals surface area (Å²) in [6.45, 7) is 2.58. The summed E-state index contributed by atoms with van der Waals surface area (Å²) in [4.78, 5) is 0. The summed E-state index contributed by atoms with van der Waals surface area (Å²) >= 11 is 0. The number of hydrogen-bond acceptors (Lipinski definition) is 1. The molecule has 2 nitrogen and oxygen atoms in total. The minimum Gasteiger partial charge on any atom is -0.381 e. The van der Waals surface area contributed by atoms with Gasteiger partial charge in [0.15, 0.2) is 5.75 Å². The van der Waals surface area contributed by atoms with E-state index in [-0.39, 0.29) is 5.75 Å². The van der Waals surface area contributed by atoms with E-state index in [9.17, 15) is 5.11 Å². The predicted octanol–water partition coefficient (Wildman–Crippen LogP) is 3.75. The maximum absolute atomic E-state index is 11.2. The molecule has 2 aromatic rings. The Labute approximate surface area is 95.6 Å². The molecule has 0 amide bonds. The first-order chi connectivity index (χ1) is 7.75. The quantitative estimate of drug-likeness (QED) is 0.825. The molecule has 2 aromatic carbocycles. The highest BCUT2D eigenvalue weighted by atomic mass is 16.3. The molecule has 1 N–H and O–H groups in total. The molecule has 0 bridgehead atoms. The Morgan fingerprint density at radius 3 is 2.50 bits per heavy atom. The molecule has 1 radical (unpaired) electrons. The molecule has 0 fully saturated rings. The zero-order valence-electron chi connectivity index (χ0n) is 9.23. The second-order valence-electron chi connectivity index (χ2n) is 3.82. The monoisotopic (exact) mass is 212 g/mol. The van der Waals surface area contributed by atoms with E-state index in [1.165, 1.54) is 0 Å². The number of benzene rings is 2. The van der Waals surface area contributed by atoms with E-state index in [2.05, 4.69) is 5.32 Å². The van der Waals surface area contributed by atoms with Gasteiger partial charge in [-0.05, 0) is 36.2 Å². The van der Waals surface area contributed by atoms with Crippen LogP contribution in [0.3, 0.4) is 0 Å². The van der Waals surface area contributed by atoms with Crippen LogP contribution < -0.4 is 5.32 Å². The van der Waals surface area contributed by atoms with E-state index in [1.54, 1.807) is 6.07 Å². The average Bonchev–Trinajstić information content (AvgIpc) is 2.32. The number of anilines is 1. The molecule has 0 aliphatic rings. The van der Waals surface area contributed by atoms with Crippen LogP contribution in [0.2, 0.25) is 0 Å². The average molecular weight is 212 g/mol. The number of hydrogen-bond donors (Lipinski definition) is 1. The molecule has 0 aromatic heterocycles. The molecule has 0 saturated heterocycles. The van der Waals surface area contributed by atoms with Gasteiger partial charge in [-0.25, -0.2) is 0 Å². The van der Waals surface area contributed by atoms with Gasteiger partial charge >= 0.3 is 0 Å². The maximum Gasteiger partial charge on any atom is 0.181 e. The van der Waals surface area contributed by atoms with Crippen molar-refractivity contribution in [2.45, 2.75) is 13.5 Å². The van der Waals surface area contributed by atoms with Gasteiger partial charge in [0, 0.05) is 12.2 Å². The molecular formula is C14H14NO. The van der Waals surface area contributed by atoms with Crippen LogP contribution in [0.25, 0.3) is 0 Å². The highest BCUT2D eigenvalue weighted by Crippen LogP contribution is 2.18. The van der Waals surface area contributed by atoms with Crippen LogP contribution in [-0.4, -0.2) is 0 Å². The molecule has 0 unspecified atom stereocenters. The molecule has 0 aliphatic carbocycles. The van der Waals surface area contributed by atoms with E-state index in [0.29, 0.717) is 0 Å². The van der Waals surface area contributed by atoms with Crippen LogP contribution in [0.15, 0.2) is 48.5 Å². The minimum atomic E-state index is 0.100. The normalized spacial score (nSPS) is 10.1. The fourth-order valence-electron chi connectivity index (χ4n) is 1.58. The predicted molar refractivity (Wildman–Crippen MR) is 65.1 cm³/mol. The molecule has 81 valence electrons. The van der Waals surface area contributed by atoms with Crippen LogP contribution in [-0.2, 0) is 11.7 Å². The minimum absolute atomic E-state index is 0.100. The fourth-order valence-corrected chi connectivity index (χ4v) is 1.58. The van der Waals surface area contributed by atoms with E-state index < -0.39 is 0 Å². The lowest BCUT2D eigenvalue weighted by Gasteiger charge is -2.07. The summed E-state index contributed by atoms with van der Waals surface area (Å²) in [7, 11) is 0. The van der Waals surface area contributed by atoms with Crippen LogP contribution in [0.1, 0.15) is 11.1 Å². The van der Waals surface area contributed by atoms with Crippen molar-refractivity contribution in [3.8, 4) is 5.75 Å². The maximum atomic E-state index is 11.2. The molecule has 0 heterocycles. The SMILES string of the molecule is Cc1cc(CNc2ccccc2)ccc1[O]. The third-order valence-corrected chi connectivity index (χ3v) is 2.51. The molecule has 16 heavy (non-hydrogen) atoms. The van der Waals surface area contributed by atoms with Gasteiger partial charge in [-0.2, -0.15) is 0 Å². The van der Waals surface area contributed by atoms with Gasteiger partial charge in [0.2, 0.25) is 0 Å². The van der Waals surface area contributed by atoms with E-state index >= 15 is 0 Å². The van der Waals surface area contributed by atoms with E-state index in [4.69, 9.17) is 0 Å². The first kappa shape index (κ1) is 10.6. The van der Waals surface area contributed by atoms with Crippen molar-refractivity contribution < 1.29 is 5.11 Å². The number of para-hydroxylation sites is 1. The van der Waals surface area contributed by atoms with Gasteiger partial charge in [-0.3, -0.25) is 5.11 Å². The Kier molecular flexibility index (Phi) is 3.10. The summed E-state index contributed by atoms with van der Waals surface area (Å²) < 4.78 is 0. The summed E-state index contributed by atoms with van der Waals surface area (Å²) in [5.41, 5.74) is 3.01. The molecule has 0 spiro atoms. The first-order valence-electron chi connectivity index (χ1n) is 5.31. The Bertz CT molecular complexity index is 465. The highest BCUT2D eigenvalue weighted by Gasteiger charge is 1.99. The highest BCUT2D eigenvalue weighted by molar-refractivity contribution is 5.44. The summed E-state index contributed by atoms with van der Waals surface area (Å²) in [6, 6.07) is 15.4. The zero-order valence-corrected chi connectivity index (χ0v) is 9.23. The molecule has 0 aliphatic heterocycles. The lowest BCUT2D eigenvalue weighted by molar-refractivity contribution is 0.351. The Hall–Kier alpha value is -1.96. The summed E-state index contributed by atoms with van der Waals surface area (Å²) in [6.07, 6.45) is 0. The number of aryl methyl sites for hydroxylation is 1. The van der Waals surface area contributed by atoms with Gasteiger partial charge in [-0.15, -0.1) is 0 Å². The summed E-state index contributed by atoms with van der Waals surface area (Å²) in [5, 5.41) is 14.5. The number of nitrogens with one attached hydrogen (secondary N) is 1. The molecule has 2 rings (SSSR count). The topological polar surface area (TPSA) is 31.9 Å². The second-order valence-corrected chi connectivity index (χ2v) is 3.82. The van der Waals surface area contributed by atoms with Crippen molar-refractivity contribution >= 4 is 5.69 Å². The lowest BCUT2D eigenvalue weighted by atomic mass is 10.1. The number of rotatable bonds is 3. The van der Waals surface area contributed by atoms with Crippen LogP contribution in [0, 0.1) is 6.92 Å². The fraction of sp³-hybridized carbons (Fsp3) is 0.143. The van der Waals surface area contributed by atoms with Gasteiger partial charge in [-0.1, -0.05) is 30.3 Å². The van der Waals surface area contributed by atoms with Crippen molar-refractivity contribution in [3.63, 3.8) is 0 Å². The van der Waals surface area contributed by atoms with Crippen molar-refractivity contribution in [1.29, 1.82) is 0 Å². The van der Waals surface area contributed by atoms with E-state index in [1.807, 2.05) is 49.4 Å². The Morgan fingerprint density at radius 2 is 1.81 bits per heavy atom. The third-order valence-electron chi connectivity index (χ3n) is 2.51. The standard InChI is InChI=1S/C14H14NO/c1-11-9-12(7-8-14(11)16)10-15-13-5-3-2-4-6-13/h2-9,15H,10H2,1H3. The molecular weight excluding hydrogens is 198 g/mol. The van der Waals surface area contributed by atoms with Crippen molar-refractivity contribution in [1.82, 2.24) is 0 Å². The van der Waals surface area contributed by atoms with Crippen LogP contribution in [0.5, 0.6) is 5.75 Å². The second kappa shape index (κ2) is 4.71.